The number of nitrogens with zero attached hydrogens (tertiary/aromatic N) is 3. The summed E-state index contributed by atoms with van der Waals surface area (Å²) in [6.45, 7) is 10.9. The van der Waals surface area contributed by atoms with Gasteiger partial charge in [-0.15, -0.1) is 0 Å². The normalized spacial score (nSPS) is 10.0. The quantitative estimate of drug-likeness (QED) is 0.252. The van der Waals surface area contributed by atoms with Gasteiger partial charge in [0.1, 0.15) is 0 Å². The molecule has 0 amide bonds. The molecule has 1 aromatic carbocycles. The second-order valence-corrected chi connectivity index (χ2v) is 6.45. The predicted molar refractivity (Wildman–Crippen MR) is 114 cm³/mol. The van der Waals surface area contributed by atoms with Crippen molar-refractivity contribution in [1.82, 2.24) is 9.80 Å². The molecule has 0 unspecified atom stereocenters. The monoisotopic (exact) mass is 517 g/mol. The molecule has 0 radical (unpaired) electrons. The zero-order chi connectivity index (χ0) is 21.1. The Morgan fingerprint density at radius 3 is 1.67 bits per heavy atom. The number of nitro groups is 1. The first kappa shape index (κ1) is 29.2. The fourth-order valence-corrected chi connectivity index (χ4v) is 2.84. The molecule has 0 bridgehead atoms. The van der Waals surface area contributed by atoms with E-state index in [-0.39, 0.29) is 5.69 Å². The van der Waals surface area contributed by atoms with E-state index in [2.05, 4.69) is 23.6 Å². The molecule has 0 fully saturated rings. The van der Waals surface area contributed by atoms with Gasteiger partial charge in [-0.05, 0) is 26.2 Å². The summed E-state index contributed by atoms with van der Waals surface area (Å²) in [4.78, 5) is 14.6. The Bertz CT molecular complexity index is 474. The Morgan fingerprint density at radius 2 is 1.33 bits per heavy atom. The molecule has 27 heavy (non-hydrogen) atoms. The third-order valence-corrected chi connectivity index (χ3v) is 4.45. The van der Waals surface area contributed by atoms with Crippen molar-refractivity contribution in [1.29, 1.82) is 0 Å². The summed E-state index contributed by atoms with van der Waals surface area (Å²) < 4.78 is 8.22. The van der Waals surface area contributed by atoms with Gasteiger partial charge in [0, 0.05) is 25.2 Å². The van der Waals surface area contributed by atoms with E-state index >= 15 is 0 Å². The molecule has 154 valence electrons. The number of benzene rings is 1. The molecule has 0 heterocycles. The van der Waals surface area contributed by atoms with Crippen LogP contribution in [0.5, 0.6) is 0 Å². The van der Waals surface area contributed by atoms with Gasteiger partial charge in [-0.25, -0.2) is 0 Å². The van der Waals surface area contributed by atoms with Crippen LogP contribution in [0.2, 0.25) is 0 Å². The Kier molecular flexibility index (Phi) is 22.5. The van der Waals surface area contributed by atoms with Gasteiger partial charge in [0.25, 0.3) is 5.69 Å². The number of rotatable bonds is 11. The van der Waals surface area contributed by atoms with Gasteiger partial charge < -0.3 is 47.7 Å². The molecule has 6 nitrogen and oxygen atoms in total. The van der Waals surface area contributed by atoms with Crippen molar-refractivity contribution in [3.8, 4) is 0 Å². The van der Waals surface area contributed by atoms with Gasteiger partial charge in [0.2, 0.25) is 0 Å². The second kappa shape index (κ2) is 20.8. The van der Waals surface area contributed by atoms with Crippen molar-refractivity contribution in [3.05, 3.63) is 39.9 Å². The molecule has 0 aliphatic rings. The maximum absolute atomic E-state index is 10.2. The first-order valence-electron chi connectivity index (χ1n) is 8.60. The molecule has 1 rings (SSSR count). The van der Waals surface area contributed by atoms with E-state index in [0.29, 0.717) is 5.75 Å². The molecule has 0 saturated heterocycles. The predicted octanol–water partition coefficient (Wildman–Crippen LogP) is 2.24. The summed E-state index contributed by atoms with van der Waals surface area (Å²) in [7, 11) is 0. The Balaban J connectivity index is 0. The molecule has 0 atom stereocenters. The Hall–Kier alpha value is 0.0394. The first-order valence-corrected chi connectivity index (χ1v) is 11.1. The van der Waals surface area contributed by atoms with Crippen molar-refractivity contribution < 1.29 is 27.3 Å². The third kappa shape index (κ3) is 15.6. The van der Waals surface area contributed by atoms with Crippen molar-refractivity contribution >= 4 is 43.6 Å². The van der Waals surface area contributed by atoms with Crippen LogP contribution in [0, 0.1) is 10.1 Å². The van der Waals surface area contributed by atoms with Gasteiger partial charge >= 0.3 is 22.4 Å². The van der Waals surface area contributed by atoms with E-state index in [0.717, 1.165) is 75.2 Å². The van der Waals surface area contributed by atoms with Crippen molar-refractivity contribution in [3.63, 3.8) is 0 Å². The number of hydrogen-bond donors (Lipinski definition) is 0. The molecule has 1 aromatic rings. The van der Waals surface area contributed by atoms with Gasteiger partial charge in [-0.1, -0.05) is 31.5 Å². The van der Waals surface area contributed by atoms with Gasteiger partial charge in [-0.2, -0.15) is 17.3 Å². The molecular weight excluding hydrogens is 489 g/mol. The fraction of sp³-hybridized carbons (Fsp3) is 0.647. The maximum atomic E-state index is 10.2. The minimum absolute atomic E-state index is 0.109. The van der Waals surface area contributed by atoms with Crippen LogP contribution in [0.4, 0.5) is 5.69 Å². The van der Waals surface area contributed by atoms with Crippen molar-refractivity contribution in [2.75, 3.05) is 50.8 Å². The van der Waals surface area contributed by atoms with Crippen LogP contribution in [0.1, 0.15) is 19.4 Å². The molecule has 0 aliphatic heterocycles. The molecule has 0 saturated carbocycles. The average molecular weight is 518 g/mol. The summed E-state index contributed by atoms with van der Waals surface area (Å²) in [5.41, 5.74) is 1.04. The van der Waals surface area contributed by atoms with Crippen LogP contribution in [-0.4, -0.2) is 65.5 Å². The summed E-state index contributed by atoms with van der Waals surface area (Å²) in [6.07, 6.45) is 0. The van der Waals surface area contributed by atoms with E-state index in [1.54, 1.807) is 12.1 Å². The van der Waals surface area contributed by atoms with Crippen LogP contribution >= 0.6 is 0 Å². The summed E-state index contributed by atoms with van der Waals surface area (Å²) >= 11 is 15.6. The minimum atomic E-state index is -0.423. The summed E-state index contributed by atoms with van der Waals surface area (Å²) in [6, 6.07) is 6.26. The van der Waals surface area contributed by atoms with Crippen LogP contribution < -0.4 is 0 Å². The van der Waals surface area contributed by atoms with Gasteiger partial charge in [-0.3, -0.25) is 10.1 Å². The number of nitro benzene ring substituents is 1. The Labute approximate surface area is 190 Å². The standard InChI is InChI=1S/C10H24N2S2.C7H7NO2S.O.Tc/c1-3-11(4-2)5-6-12(7-9-13)8-10-14;9-8(10)7-3-1-6(5-11)2-4-7;;/h13-14H,3-10H2,1-2H3;1-4,11H,5H2;;/q;;;+3/p-3/i;;;1+1. The molecule has 0 aromatic heterocycles. The van der Waals surface area contributed by atoms with Gasteiger partial charge in [0.15, 0.2) is 0 Å². The van der Waals surface area contributed by atoms with E-state index < -0.39 is 4.92 Å². The van der Waals surface area contributed by atoms with Crippen molar-refractivity contribution in [2.45, 2.75) is 19.6 Å². The van der Waals surface area contributed by atoms with Crippen molar-refractivity contribution in [2.24, 2.45) is 0 Å². The zero-order valence-electron chi connectivity index (χ0n) is 15.8. The van der Waals surface area contributed by atoms with Gasteiger partial charge in [0.05, 0.1) is 4.92 Å². The second-order valence-electron chi connectivity index (χ2n) is 5.34. The number of hydrogen-bond acceptors (Lipinski definition) is 8. The van der Waals surface area contributed by atoms with E-state index in [9.17, 15) is 10.1 Å². The van der Waals surface area contributed by atoms with E-state index in [4.69, 9.17) is 41.4 Å². The Morgan fingerprint density at radius 1 is 0.889 bits per heavy atom. The van der Waals surface area contributed by atoms with Crippen LogP contribution in [0.25, 0.3) is 0 Å². The number of non-ortho nitro benzene ring substituents is 1. The zero-order valence-corrected chi connectivity index (χ0v) is 20.2. The van der Waals surface area contributed by atoms with Crippen LogP contribution in [0.15, 0.2) is 24.3 Å². The molecule has 10 heteroatoms. The molecule has 0 aliphatic carbocycles. The first-order chi connectivity index (χ1) is 13.0. The SMILES string of the molecule is CCN(CC)CCN(CC[S-])CC[S-].O=[N+]([O-])c1ccc(C[S-])cc1.[O]=[99Tc+3]. The van der Waals surface area contributed by atoms with E-state index in [1.807, 2.05) is 0 Å². The van der Waals surface area contributed by atoms with Crippen LogP contribution in [0.3, 0.4) is 0 Å². The summed E-state index contributed by atoms with van der Waals surface area (Å²) in [5, 5.41) is 10.2. The molecular formula is C17H28N3O3S3Tc. The molecule has 0 N–H and O–H groups in total. The van der Waals surface area contributed by atoms with Crippen LogP contribution in [-0.2, 0) is 66.0 Å². The topological polar surface area (TPSA) is 66.7 Å². The summed E-state index contributed by atoms with van der Waals surface area (Å²) in [5.74, 6) is 2.12. The third-order valence-electron chi connectivity index (χ3n) is 3.76. The molecule has 0 spiro atoms. The fourth-order valence-electron chi connectivity index (χ4n) is 2.13. The number of likely N-dealkylation sites (N-methyl/N-ethyl adjacent to an activating group) is 1. The average Bonchev–Trinajstić information content (AvgIpc) is 2.71. The van der Waals surface area contributed by atoms with E-state index in [1.165, 1.54) is 12.1 Å².